The van der Waals surface area contributed by atoms with Gasteiger partial charge in [0.25, 0.3) is 5.91 Å². The molecule has 4 amide bonds. The van der Waals surface area contributed by atoms with Crippen molar-refractivity contribution in [1.82, 2.24) is 36.2 Å². The van der Waals surface area contributed by atoms with Crippen molar-refractivity contribution in [3.8, 4) is 0 Å². The van der Waals surface area contributed by atoms with Gasteiger partial charge < -0.3 is 38.2 Å². The Morgan fingerprint density at radius 1 is 1.02 bits per heavy atom. The molecule has 1 aromatic heterocycles. The molecule has 3 atom stereocenters. The van der Waals surface area contributed by atoms with Crippen molar-refractivity contribution in [2.24, 2.45) is 22.4 Å². The van der Waals surface area contributed by atoms with Crippen LogP contribution in [0.4, 0.5) is 5.95 Å². The summed E-state index contributed by atoms with van der Waals surface area (Å²) in [5, 5.41) is 17.3. The van der Waals surface area contributed by atoms with Gasteiger partial charge in [0.05, 0.1) is 0 Å². The molecule has 1 saturated carbocycles. The van der Waals surface area contributed by atoms with Crippen molar-refractivity contribution >= 4 is 43.6 Å². The molecule has 2 rings (SSSR count). The Morgan fingerprint density at radius 2 is 1.68 bits per heavy atom. The van der Waals surface area contributed by atoms with Crippen LogP contribution >= 0.6 is 8.07 Å². The molecule has 0 unspecified atom stereocenters. The lowest BCUT2D eigenvalue weighted by molar-refractivity contribution is -0.132. The number of carbonyl (C=O) groups is 4. The standard InChI is InChI=1S/C24H44N11O4P/c1-4-15(18(25)36)29-20(37)16(11-8-12-28-23(26)35-40(2)3)30-21(38)17(13-14-9-6-5-7-10-14)31-22(39)19-32-24(27)34-33-19/h14-17H,4-13H2,1-3H3,(H2,25,36)(H,29,37)(H,30,38)(H,31,39)(H3,26,28,35)(H3,27,32,33,34)/t15-,16-,17-/m0/s1. The van der Waals surface area contributed by atoms with Crippen LogP contribution in [0.25, 0.3) is 0 Å². The molecular weight excluding hydrogens is 537 g/mol. The Balaban J connectivity index is 2.17. The van der Waals surface area contributed by atoms with E-state index >= 15 is 0 Å². The summed E-state index contributed by atoms with van der Waals surface area (Å²) in [6.07, 6.45) is 6.48. The van der Waals surface area contributed by atoms with Crippen LogP contribution in [0.15, 0.2) is 4.99 Å². The van der Waals surface area contributed by atoms with Crippen LogP contribution in [-0.2, 0) is 14.4 Å². The molecule has 1 fully saturated rings. The van der Waals surface area contributed by atoms with E-state index in [1.54, 1.807) is 6.92 Å². The number of aromatic nitrogens is 3. The molecule has 1 heterocycles. The fraction of sp³-hybridized carbons (Fsp3) is 0.708. The minimum Gasteiger partial charge on any atom is -0.370 e. The fourth-order valence-electron chi connectivity index (χ4n) is 4.54. The van der Waals surface area contributed by atoms with Crippen molar-refractivity contribution in [3.63, 3.8) is 0 Å². The first-order valence-electron chi connectivity index (χ1n) is 13.6. The van der Waals surface area contributed by atoms with Gasteiger partial charge in [-0.3, -0.25) is 29.3 Å². The number of guanidine groups is 1. The monoisotopic (exact) mass is 581 g/mol. The van der Waals surface area contributed by atoms with E-state index in [0.29, 0.717) is 31.8 Å². The molecule has 11 N–H and O–H groups in total. The van der Waals surface area contributed by atoms with Gasteiger partial charge in [0.15, 0.2) is 5.96 Å². The molecular formula is C24H44N11O4P. The quantitative estimate of drug-likeness (QED) is 0.0583. The Kier molecular flexibility index (Phi) is 13.6. The maximum absolute atomic E-state index is 13.5. The molecule has 40 heavy (non-hydrogen) atoms. The van der Waals surface area contributed by atoms with E-state index in [9.17, 15) is 19.2 Å². The van der Waals surface area contributed by atoms with E-state index < -0.39 is 49.8 Å². The zero-order chi connectivity index (χ0) is 29.7. The van der Waals surface area contributed by atoms with E-state index in [1.165, 1.54) is 0 Å². The molecule has 0 aliphatic heterocycles. The predicted octanol–water partition coefficient (Wildman–Crippen LogP) is -0.338. The van der Waals surface area contributed by atoms with Gasteiger partial charge in [0, 0.05) is 6.54 Å². The van der Waals surface area contributed by atoms with Crippen LogP contribution in [0.5, 0.6) is 0 Å². The van der Waals surface area contributed by atoms with Crippen LogP contribution in [0.2, 0.25) is 0 Å². The minimum absolute atomic E-state index is 0.0944. The summed E-state index contributed by atoms with van der Waals surface area (Å²) in [4.78, 5) is 59.3. The first kappa shape index (κ1) is 32.7. The second-order valence-corrected chi connectivity index (χ2v) is 12.2. The van der Waals surface area contributed by atoms with Gasteiger partial charge in [-0.15, -0.1) is 5.10 Å². The number of nitrogen functional groups attached to an aromatic ring is 1. The fourth-order valence-corrected chi connectivity index (χ4v) is 5.07. The van der Waals surface area contributed by atoms with Gasteiger partial charge in [-0.1, -0.05) is 39.0 Å². The topological polar surface area (TPSA) is 248 Å². The highest BCUT2D eigenvalue weighted by atomic mass is 31.1. The van der Waals surface area contributed by atoms with Crippen LogP contribution in [0.1, 0.15) is 75.3 Å². The van der Waals surface area contributed by atoms with Crippen LogP contribution in [0, 0.1) is 5.92 Å². The summed E-state index contributed by atoms with van der Waals surface area (Å²) in [6, 6.07) is -2.80. The number of rotatable bonds is 15. The van der Waals surface area contributed by atoms with E-state index in [2.05, 4.69) is 41.2 Å². The van der Waals surface area contributed by atoms with Gasteiger partial charge in [-0.25, -0.2) is 0 Å². The average Bonchev–Trinajstić information content (AvgIpc) is 3.34. The molecule has 16 heteroatoms. The van der Waals surface area contributed by atoms with Gasteiger partial charge in [0.2, 0.25) is 29.5 Å². The van der Waals surface area contributed by atoms with Crippen molar-refractivity contribution < 1.29 is 19.2 Å². The summed E-state index contributed by atoms with van der Waals surface area (Å²) in [5.41, 5.74) is 16.8. The lowest BCUT2D eigenvalue weighted by Gasteiger charge is -2.28. The zero-order valence-electron chi connectivity index (χ0n) is 23.5. The third-order valence-electron chi connectivity index (χ3n) is 6.61. The SMILES string of the molecule is CC[C@H](NC(=O)[C@H](CCCN=C(N)NP(C)C)NC(=O)[C@H](CC1CCCCC1)NC(=O)c1nc(N)n[nH]1)C(N)=O. The summed E-state index contributed by atoms with van der Waals surface area (Å²) in [6.45, 7) is 6.03. The van der Waals surface area contributed by atoms with Crippen LogP contribution in [0.3, 0.4) is 0 Å². The molecule has 1 aliphatic carbocycles. The number of amides is 4. The average molecular weight is 582 g/mol. The summed E-state index contributed by atoms with van der Waals surface area (Å²) in [7, 11) is -0.474. The van der Waals surface area contributed by atoms with E-state index in [0.717, 1.165) is 32.1 Å². The molecule has 0 saturated heterocycles. The molecule has 224 valence electrons. The highest BCUT2D eigenvalue weighted by Gasteiger charge is 2.31. The molecule has 0 bridgehead atoms. The summed E-state index contributed by atoms with van der Waals surface area (Å²) < 4.78 is 0. The highest BCUT2D eigenvalue weighted by molar-refractivity contribution is 7.54. The van der Waals surface area contributed by atoms with Gasteiger partial charge >= 0.3 is 0 Å². The second kappa shape index (κ2) is 16.6. The number of anilines is 1. The number of aromatic amines is 1. The van der Waals surface area contributed by atoms with Crippen molar-refractivity contribution in [3.05, 3.63) is 5.82 Å². The summed E-state index contributed by atoms with van der Waals surface area (Å²) in [5.74, 6) is -2.04. The number of nitrogens with one attached hydrogen (secondary N) is 5. The van der Waals surface area contributed by atoms with E-state index in [4.69, 9.17) is 17.2 Å². The highest BCUT2D eigenvalue weighted by Crippen LogP contribution is 2.27. The normalized spacial score (nSPS) is 16.6. The molecule has 1 aliphatic rings. The van der Waals surface area contributed by atoms with Crippen molar-refractivity contribution in [1.29, 1.82) is 0 Å². The first-order chi connectivity index (χ1) is 19.0. The maximum atomic E-state index is 13.5. The first-order valence-corrected chi connectivity index (χ1v) is 15.9. The third kappa shape index (κ3) is 11.3. The Bertz CT molecular complexity index is 1030. The van der Waals surface area contributed by atoms with Gasteiger partial charge in [0.1, 0.15) is 18.1 Å². The zero-order valence-corrected chi connectivity index (χ0v) is 24.4. The number of hydrogen-bond acceptors (Lipinski definition) is 8. The van der Waals surface area contributed by atoms with Crippen LogP contribution < -0.4 is 38.2 Å². The number of nitrogens with zero attached hydrogens (tertiary/aromatic N) is 3. The molecule has 0 aromatic carbocycles. The van der Waals surface area contributed by atoms with E-state index in [1.807, 2.05) is 13.3 Å². The number of H-pyrrole nitrogens is 1. The lowest BCUT2D eigenvalue weighted by atomic mass is 9.84. The van der Waals surface area contributed by atoms with E-state index in [-0.39, 0.29) is 24.1 Å². The van der Waals surface area contributed by atoms with Gasteiger partial charge in [-0.2, -0.15) is 4.98 Å². The summed E-state index contributed by atoms with van der Waals surface area (Å²) >= 11 is 0. The van der Waals surface area contributed by atoms with Crippen molar-refractivity contribution in [2.75, 3.05) is 25.6 Å². The number of carbonyl (C=O) groups excluding carboxylic acids is 4. The molecule has 0 radical (unpaired) electrons. The molecule has 15 nitrogen and oxygen atoms in total. The number of primary amides is 1. The lowest BCUT2D eigenvalue weighted by Crippen LogP contribution is -2.56. The largest absolute Gasteiger partial charge is 0.370 e. The van der Waals surface area contributed by atoms with Crippen LogP contribution in [-0.4, -0.2) is 82.8 Å². The number of hydrogen-bond donors (Lipinski definition) is 8. The number of nitrogens with two attached hydrogens (primary N) is 3. The Hall–Kier alpha value is -3.48. The third-order valence-corrected chi connectivity index (χ3v) is 7.28. The molecule has 1 aromatic rings. The molecule has 0 spiro atoms. The maximum Gasteiger partial charge on any atom is 0.289 e. The van der Waals surface area contributed by atoms with Crippen molar-refractivity contribution in [2.45, 2.75) is 82.8 Å². The minimum atomic E-state index is -0.994. The smallest absolute Gasteiger partial charge is 0.289 e. The van der Waals surface area contributed by atoms with Gasteiger partial charge in [-0.05, 0) is 53.0 Å². The Morgan fingerprint density at radius 3 is 2.25 bits per heavy atom. The second-order valence-electron chi connectivity index (χ2n) is 10.2. The number of aliphatic imine (C=N–C) groups is 1. The Labute approximate surface area is 235 Å². The predicted molar refractivity (Wildman–Crippen MR) is 154 cm³/mol.